The molecule has 138 valence electrons. The van der Waals surface area contributed by atoms with Crippen molar-refractivity contribution in [1.29, 1.82) is 0 Å². The van der Waals surface area contributed by atoms with Gasteiger partial charge in [-0.3, -0.25) is 4.31 Å². The third kappa shape index (κ3) is 4.30. The van der Waals surface area contributed by atoms with E-state index in [1.54, 1.807) is 48.5 Å². The molecule has 0 saturated heterocycles. The van der Waals surface area contributed by atoms with E-state index in [4.69, 9.17) is 16.3 Å². The monoisotopic (exact) mass is 401 g/mol. The molecule has 0 aliphatic rings. The standard InChI is InChI=1S/C20H16ClNO4S/c1-22(17-5-3-2-4-6-17)27(24,25)19-13-7-15(8-14-19)20(23)26-18-11-9-16(21)10-12-18/h2-14H,1H3. The summed E-state index contributed by atoms with van der Waals surface area (Å²) in [7, 11) is -2.25. The Kier molecular flexibility index (Phi) is 5.48. The van der Waals surface area contributed by atoms with Crippen LogP contribution in [0.2, 0.25) is 5.02 Å². The van der Waals surface area contributed by atoms with Crippen molar-refractivity contribution in [3.63, 3.8) is 0 Å². The van der Waals surface area contributed by atoms with Gasteiger partial charge in [0.05, 0.1) is 16.1 Å². The Balaban J connectivity index is 1.78. The lowest BCUT2D eigenvalue weighted by molar-refractivity contribution is 0.0734. The highest BCUT2D eigenvalue weighted by atomic mass is 35.5. The fraction of sp³-hybridized carbons (Fsp3) is 0.0500. The number of hydrogen-bond acceptors (Lipinski definition) is 4. The van der Waals surface area contributed by atoms with Crippen LogP contribution >= 0.6 is 11.6 Å². The summed E-state index contributed by atoms with van der Waals surface area (Å²) < 4.78 is 31.9. The summed E-state index contributed by atoms with van der Waals surface area (Å²) in [6, 6.07) is 20.7. The molecule has 7 heteroatoms. The molecule has 3 aromatic rings. The average Bonchev–Trinajstić information content (AvgIpc) is 2.70. The summed E-state index contributed by atoms with van der Waals surface area (Å²) >= 11 is 5.79. The van der Waals surface area contributed by atoms with Crippen molar-refractivity contribution in [2.45, 2.75) is 4.90 Å². The van der Waals surface area contributed by atoms with Crippen molar-refractivity contribution in [3.8, 4) is 5.75 Å². The molecule has 0 aliphatic carbocycles. The van der Waals surface area contributed by atoms with Gasteiger partial charge in [0.15, 0.2) is 0 Å². The molecule has 0 aliphatic heterocycles. The van der Waals surface area contributed by atoms with Crippen LogP contribution in [0.3, 0.4) is 0 Å². The second-order valence-electron chi connectivity index (χ2n) is 5.68. The lowest BCUT2D eigenvalue weighted by Gasteiger charge is -2.19. The zero-order valence-electron chi connectivity index (χ0n) is 14.4. The SMILES string of the molecule is CN(c1ccccc1)S(=O)(=O)c1ccc(C(=O)Oc2ccc(Cl)cc2)cc1. The molecule has 0 heterocycles. The minimum atomic E-state index is -3.73. The van der Waals surface area contributed by atoms with E-state index in [2.05, 4.69) is 0 Å². The Labute approximate surface area is 162 Å². The normalized spacial score (nSPS) is 11.0. The number of esters is 1. The van der Waals surface area contributed by atoms with Gasteiger partial charge in [-0.25, -0.2) is 13.2 Å². The highest BCUT2D eigenvalue weighted by Crippen LogP contribution is 2.22. The van der Waals surface area contributed by atoms with Crippen LogP contribution in [0, 0.1) is 0 Å². The number of ether oxygens (including phenoxy) is 1. The van der Waals surface area contributed by atoms with E-state index >= 15 is 0 Å². The predicted molar refractivity (Wildman–Crippen MR) is 105 cm³/mol. The van der Waals surface area contributed by atoms with Gasteiger partial charge in [-0.2, -0.15) is 0 Å². The molecule has 0 unspecified atom stereocenters. The molecule has 0 atom stereocenters. The van der Waals surface area contributed by atoms with Gasteiger partial charge >= 0.3 is 5.97 Å². The number of carbonyl (C=O) groups is 1. The van der Waals surface area contributed by atoms with Crippen molar-refractivity contribution in [2.75, 3.05) is 11.4 Å². The molecular weight excluding hydrogens is 386 g/mol. The van der Waals surface area contributed by atoms with Crippen LogP contribution in [0.4, 0.5) is 5.69 Å². The number of sulfonamides is 1. The van der Waals surface area contributed by atoms with Crippen LogP contribution in [-0.2, 0) is 10.0 Å². The second-order valence-corrected chi connectivity index (χ2v) is 8.08. The van der Waals surface area contributed by atoms with E-state index in [0.717, 1.165) is 0 Å². The zero-order chi connectivity index (χ0) is 19.4. The number of benzene rings is 3. The van der Waals surface area contributed by atoms with E-state index in [1.807, 2.05) is 6.07 Å². The fourth-order valence-electron chi connectivity index (χ4n) is 2.37. The maximum atomic E-state index is 12.7. The molecular formula is C20H16ClNO4S. The van der Waals surface area contributed by atoms with Gasteiger partial charge in [0.25, 0.3) is 10.0 Å². The van der Waals surface area contributed by atoms with E-state index in [1.165, 1.54) is 35.6 Å². The zero-order valence-corrected chi connectivity index (χ0v) is 15.9. The van der Waals surface area contributed by atoms with Gasteiger partial charge < -0.3 is 4.74 Å². The first-order valence-corrected chi connectivity index (χ1v) is 9.81. The average molecular weight is 402 g/mol. The maximum absolute atomic E-state index is 12.7. The second kappa shape index (κ2) is 7.82. The molecule has 3 aromatic carbocycles. The van der Waals surface area contributed by atoms with E-state index in [0.29, 0.717) is 16.5 Å². The highest BCUT2D eigenvalue weighted by molar-refractivity contribution is 7.92. The highest BCUT2D eigenvalue weighted by Gasteiger charge is 2.21. The lowest BCUT2D eigenvalue weighted by Crippen LogP contribution is -2.26. The van der Waals surface area contributed by atoms with E-state index in [-0.39, 0.29) is 10.5 Å². The first-order chi connectivity index (χ1) is 12.9. The first kappa shape index (κ1) is 18.9. The molecule has 0 bridgehead atoms. The number of para-hydroxylation sites is 1. The Morgan fingerprint density at radius 2 is 1.48 bits per heavy atom. The van der Waals surface area contributed by atoms with Crippen LogP contribution in [0.25, 0.3) is 0 Å². The van der Waals surface area contributed by atoms with Crippen LogP contribution in [0.1, 0.15) is 10.4 Å². The molecule has 3 rings (SSSR count). The summed E-state index contributed by atoms with van der Waals surface area (Å²) in [6.07, 6.45) is 0. The predicted octanol–water partition coefficient (Wildman–Crippen LogP) is 4.38. The van der Waals surface area contributed by atoms with Crippen LogP contribution in [0.15, 0.2) is 83.8 Å². The Morgan fingerprint density at radius 1 is 0.889 bits per heavy atom. The molecule has 0 N–H and O–H groups in total. The first-order valence-electron chi connectivity index (χ1n) is 8.00. The summed E-state index contributed by atoms with van der Waals surface area (Å²) in [6.45, 7) is 0. The molecule has 0 spiro atoms. The van der Waals surface area contributed by atoms with Crippen LogP contribution < -0.4 is 9.04 Å². The Morgan fingerprint density at radius 3 is 2.07 bits per heavy atom. The molecule has 27 heavy (non-hydrogen) atoms. The van der Waals surface area contributed by atoms with E-state index < -0.39 is 16.0 Å². The van der Waals surface area contributed by atoms with Crippen molar-refractivity contribution in [1.82, 2.24) is 0 Å². The van der Waals surface area contributed by atoms with Gasteiger partial charge in [-0.05, 0) is 60.7 Å². The third-order valence-corrected chi connectivity index (χ3v) is 5.94. The largest absolute Gasteiger partial charge is 0.423 e. The van der Waals surface area contributed by atoms with Gasteiger partial charge in [-0.15, -0.1) is 0 Å². The molecule has 0 amide bonds. The molecule has 0 radical (unpaired) electrons. The smallest absolute Gasteiger partial charge is 0.343 e. The number of anilines is 1. The lowest BCUT2D eigenvalue weighted by atomic mass is 10.2. The summed E-state index contributed by atoms with van der Waals surface area (Å²) in [4.78, 5) is 12.3. The Bertz CT molecular complexity index is 1030. The third-order valence-electron chi connectivity index (χ3n) is 3.89. The maximum Gasteiger partial charge on any atom is 0.343 e. The number of rotatable bonds is 5. The Hall–Kier alpha value is -2.83. The number of hydrogen-bond donors (Lipinski definition) is 0. The van der Waals surface area contributed by atoms with Crippen LogP contribution in [-0.4, -0.2) is 21.4 Å². The summed E-state index contributed by atoms with van der Waals surface area (Å²) in [5.74, 6) is -0.234. The summed E-state index contributed by atoms with van der Waals surface area (Å²) in [5.41, 5.74) is 0.787. The molecule has 0 fully saturated rings. The molecule has 5 nitrogen and oxygen atoms in total. The van der Waals surface area contributed by atoms with Crippen molar-refractivity contribution < 1.29 is 17.9 Å². The van der Waals surface area contributed by atoms with E-state index in [9.17, 15) is 13.2 Å². The van der Waals surface area contributed by atoms with Crippen LogP contribution in [0.5, 0.6) is 5.75 Å². The van der Waals surface area contributed by atoms with Gasteiger partial charge in [0.2, 0.25) is 0 Å². The minimum Gasteiger partial charge on any atom is -0.423 e. The van der Waals surface area contributed by atoms with Gasteiger partial charge in [0, 0.05) is 12.1 Å². The fourth-order valence-corrected chi connectivity index (χ4v) is 3.69. The van der Waals surface area contributed by atoms with Crippen molar-refractivity contribution in [2.24, 2.45) is 0 Å². The number of nitrogens with zero attached hydrogens (tertiary/aromatic N) is 1. The van der Waals surface area contributed by atoms with Crippen molar-refractivity contribution in [3.05, 3.63) is 89.4 Å². The quantitative estimate of drug-likeness (QED) is 0.470. The summed E-state index contributed by atoms with van der Waals surface area (Å²) in [5, 5.41) is 0.534. The van der Waals surface area contributed by atoms with Crippen molar-refractivity contribution >= 4 is 33.3 Å². The number of halogens is 1. The van der Waals surface area contributed by atoms with Gasteiger partial charge in [-0.1, -0.05) is 29.8 Å². The minimum absolute atomic E-state index is 0.0805. The number of carbonyl (C=O) groups excluding carboxylic acids is 1. The van der Waals surface area contributed by atoms with Gasteiger partial charge in [0.1, 0.15) is 5.75 Å². The molecule has 0 aromatic heterocycles. The topological polar surface area (TPSA) is 63.7 Å². The molecule has 0 saturated carbocycles.